The van der Waals surface area contributed by atoms with E-state index in [1.165, 1.54) is 0 Å². The number of nitrogens with one attached hydrogen (secondary N) is 2. The van der Waals surface area contributed by atoms with E-state index < -0.39 is 0 Å². The molecule has 0 saturated carbocycles. The average Bonchev–Trinajstić information content (AvgIpc) is 3.43. The Morgan fingerprint density at radius 2 is 2.00 bits per heavy atom. The van der Waals surface area contributed by atoms with Gasteiger partial charge < -0.3 is 9.88 Å². The second-order valence-electron chi connectivity index (χ2n) is 7.59. The third kappa shape index (κ3) is 3.10. The molecule has 2 aromatic carbocycles. The lowest BCUT2D eigenvalue weighted by Gasteiger charge is -2.14. The first-order valence-corrected chi connectivity index (χ1v) is 10.0. The van der Waals surface area contributed by atoms with Crippen LogP contribution in [0.5, 0.6) is 0 Å². The predicted molar refractivity (Wildman–Crippen MR) is 114 cm³/mol. The number of hydrogen-bond donors (Lipinski definition) is 2. The Morgan fingerprint density at radius 1 is 1.20 bits per heavy atom. The van der Waals surface area contributed by atoms with E-state index in [-0.39, 0.29) is 24.2 Å². The van der Waals surface area contributed by atoms with Crippen molar-refractivity contribution in [2.75, 3.05) is 18.0 Å². The highest BCUT2D eigenvalue weighted by molar-refractivity contribution is 6.05. The summed E-state index contributed by atoms with van der Waals surface area (Å²) < 4.78 is 2.09. The number of amides is 2. The molecule has 1 aliphatic rings. The smallest absolute Gasteiger partial charge is 0.229 e. The highest BCUT2D eigenvalue weighted by Crippen LogP contribution is 2.29. The monoisotopic (exact) mass is 402 g/mol. The van der Waals surface area contributed by atoms with E-state index in [2.05, 4.69) is 25.1 Å². The minimum absolute atomic E-state index is 0.0798. The number of fused-ring (bicyclic) bond motifs is 2. The third-order valence-electron chi connectivity index (χ3n) is 5.68. The summed E-state index contributed by atoms with van der Waals surface area (Å²) in [5.74, 6) is 0.940. The van der Waals surface area contributed by atoms with E-state index in [4.69, 9.17) is 0 Å². The first-order valence-electron chi connectivity index (χ1n) is 10.0. The Kier molecular flexibility index (Phi) is 4.46. The SMILES string of the molecule is Cc1nc2ccccc2n1CCNC(=O)[C@@H]1CC(=O)N(c2n[nH]c3ccccc23)C1. The second kappa shape index (κ2) is 7.29. The topological polar surface area (TPSA) is 95.9 Å². The Bertz CT molecular complexity index is 1260. The maximum absolute atomic E-state index is 12.7. The van der Waals surface area contributed by atoms with Crippen molar-refractivity contribution in [3.63, 3.8) is 0 Å². The Hall–Kier alpha value is -3.68. The van der Waals surface area contributed by atoms with Crippen LogP contribution in [0, 0.1) is 12.8 Å². The summed E-state index contributed by atoms with van der Waals surface area (Å²) in [5.41, 5.74) is 2.87. The first-order chi connectivity index (χ1) is 14.6. The van der Waals surface area contributed by atoms with E-state index in [1.54, 1.807) is 4.90 Å². The number of carbonyl (C=O) groups excluding carboxylic acids is 2. The minimum atomic E-state index is -0.381. The lowest BCUT2D eigenvalue weighted by Crippen LogP contribution is -2.35. The molecule has 30 heavy (non-hydrogen) atoms. The maximum Gasteiger partial charge on any atom is 0.229 e. The van der Waals surface area contributed by atoms with Crippen LogP contribution < -0.4 is 10.2 Å². The zero-order valence-corrected chi connectivity index (χ0v) is 16.6. The molecule has 1 atom stereocenters. The molecule has 0 spiro atoms. The number of hydrogen-bond acceptors (Lipinski definition) is 4. The summed E-state index contributed by atoms with van der Waals surface area (Å²) in [6, 6.07) is 15.6. The molecular formula is C22H22N6O2. The molecule has 0 radical (unpaired) electrons. The molecule has 1 fully saturated rings. The number of aromatic amines is 1. The van der Waals surface area contributed by atoms with Gasteiger partial charge in [-0.15, -0.1) is 0 Å². The number of imidazole rings is 1. The molecule has 1 aliphatic heterocycles. The van der Waals surface area contributed by atoms with E-state index in [0.29, 0.717) is 25.5 Å². The van der Waals surface area contributed by atoms with E-state index in [0.717, 1.165) is 27.8 Å². The fourth-order valence-corrected chi connectivity index (χ4v) is 4.16. The van der Waals surface area contributed by atoms with Gasteiger partial charge in [0.25, 0.3) is 0 Å². The van der Waals surface area contributed by atoms with E-state index in [9.17, 15) is 9.59 Å². The molecule has 1 saturated heterocycles. The number of para-hydroxylation sites is 3. The van der Waals surface area contributed by atoms with Crippen LogP contribution in [0.2, 0.25) is 0 Å². The van der Waals surface area contributed by atoms with Gasteiger partial charge in [-0.1, -0.05) is 24.3 Å². The van der Waals surface area contributed by atoms with Crippen molar-refractivity contribution in [2.24, 2.45) is 5.92 Å². The Labute approximate surface area is 172 Å². The molecule has 152 valence electrons. The summed E-state index contributed by atoms with van der Waals surface area (Å²) in [5, 5.41) is 11.1. The van der Waals surface area contributed by atoms with Gasteiger partial charge in [-0.05, 0) is 31.2 Å². The molecule has 2 aromatic heterocycles. The number of benzene rings is 2. The summed E-state index contributed by atoms with van der Waals surface area (Å²) in [6.45, 7) is 3.42. The third-order valence-corrected chi connectivity index (χ3v) is 5.68. The van der Waals surface area contributed by atoms with Gasteiger partial charge in [-0.25, -0.2) is 4.98 Å². The molecule has 0 aliphatic carbocycles. The van der Waals surface area contributed by atoms with Crippen LogP contribution >= 0.6 is 0 Å². The van der Waals surface area contributed by atoms with Crippen molar-refractivity contribution in [1.82, 2.24) is 25.1 Å². The van der Waals surface area contributed by atoms with Crippen molar-refractivity contribution in [2.45, 2.75) is 19.9 Å². The molecule has 8 heteroatoms. The zero-order chi connectivity index (χ0) is 20.7. The summed E-state index contributed by atoms with van der Waals surface area (Å²) >= 11 is 0. The molecular weight excluding hydrogens is 380 g/mol. The van der Waals surface area contributed by atoms with Crippen molar-refractivity contribution in [3.8, 4) is 0 Å². The summed E-state index contributed by atoms with van der Waals surface area (Å²) in [4.78, 5) is 31.4. The van der Waals surface area contributed by atoms with E-state index in [1.807, 2.05) is 55.5 Å². The minimum Gasteiger partial charge on any atom is -0.354 e. The van der Waals surface area contributed by atoms with Crippen LogP contribution in [-0.2, 0) is 16.1 Å². The fraction of sp³-hybridized carbons (Fsp3) is 0.273. The van der Waals surface area contributed by atoms with Crippen LogP contribution in [0.3, 0.4) is 0 Å². The summed E-state index contributed by atoms with van der Waals surface area (Å²) in [7, 11) is 0. The van der Waals surface area contributed by atoms with Gasteiger partial charge in [0.1, 0.15) is 5.82 Å². The Balaban J connectivity index is 1.24. The highest BCUT2D eigenvalue weighted by Gasteiger charge is 2.36. The number of carbonyl (C=O) groups is 2. The molecule has 2 N–H and O–H groups in total. The van der Waals surface area contributed by atoms with Crippen molar-refractivity contribution in [3.05, 3.63) is 54.4 Å². The number of nitrogens with zero attached hydrogens (tertiary/aromatic N) is 4. The molecule has 5 rings (SSSR count). The lowest BCUT2D eigenvalue weighted by molar-refractivity contribution is -0.126. The first kappa shape index (κ1) is 18.4. The second-order valence-corrected chi connectivity index (χ2v) is 7.59. The maximum atomic E-state index is 12.7. The van der Waals surface area contributed by atoms with Crippen LogP contribution in [-0.4, -0.2) is 44.7 Å². The molecule has 0 unspecified atom stereocenters. The van der Waals surface area contributed by atoms with Crippen LogP contribution in [0.1, 0.15) is 12.2 Å². The molecule has 2 amide bonds. The number of H-pyrrole nitrogens is 1. The van der Waals surface area contributed by atoms with Gasteiger partial charge in [-0.2, -0.15) is 5.10 Å². The van der Waals surface area contributed by atoms with Gasteiger partial charge in [0.15, 0.2) is 5.82 Å². The largest absolute Gasteiger partial charge is 0.354 e. The quantitative estimate of drug-likeness (QED) is 0.536. The highest BCUT2D eigenvalue weighted by atomic mass is 16.2. The molecule has 3 heterocycles. The van der Waals surface area contributed by atoms with E-state index >= 15 is 0 Å². The Morgan fingerprint density at radius 3 is 2.90 bits per heavy atom. The molecule has 0 bridgehead atoms. The van der Waals surface area contributed by atoms with Gasteiger partial charge in [0.2, 0.25) is 11.8 Å². The fourth-order valence-electron chi connectivity index (χ4n) is 4.16. The van der Waals surface area contributed by atoms with Crippen LogP contribution in [0.15, 0.2) is 48.5 Å². The van der Waals surface area contributed by atoms with Gasteiger partial charge in [0.05, 0.1) is 22.5 Å². The number of aryl methyl sites for hydroxylation is 1. The van der Waals surface area contributed by atoms with Crippen LogP contribution in [0.4, 0.5) is 5.82 Å². The van der Waals surface area contributed by atoms with Crippen molar-refractivity contribution < 1.29 is 9.59 Å². The average molecular weight is 402 g/mol. The number of aromatic nitrogens is 4. The van der Waals surface area contributed by atoms with Gasteiger partial charge in [-0.3, -0.25) is 19.6 Å². The number of rotatable bonds is 5. The standard InChI is InChI=1S/C22H22N6O2/c1-14-24-18-8-4-5-9-19(18)27(14)11-10-23-22(30)15-12-20(29)28(13-15)21-16-6-2-3-7-17(16)25-26-21/h2-9,15H,10-13H2,1H3,(H,23,30)(H,25,26)/t15-/m1/s1. The predicted octanol–water partition coefficient (Wildman–Crippen LogP) is 2.39. The zero-order valence-electron chi connectivity index (χ0n) is 16.6. The summed E-state index contributed by atoms with van der Waals surface area (Å²) in [6.07, 6.45) is 0.194. The molecule has 4 aromatic rings. The molecule has 8 nitrogen and oxygen atoms in total. The number of anilines is 1. The van der Waals surface area contributed by atoms with Crippen molar-refractivity contribution in [1.29, 1.82) is 0 Å². The van der Waals surface area contributed by atoms with Gasteiger partial charge >= 0.3 is 0 Å². The normalized spacial score (nSPS) is 16.6. The van der Waals surface area contributed by atoms with Gasteiger partial charge in [0, 0.05) is 31.4 Å². The lowest BCUT2D eigenvalue weighted by atomic mass is 10.1. The van der Waals surface area contributed by atoms with Crippen LogP contribution in [0.25, 0.3) is 21.9 Å². The van der Waals surface area contributed by atoms with Crippen molar-refractivity contribution >= 4 is 39.6 Å².